The molecule has 1 fully saturated rings. The van der Waals surface area contributed by atoms with E-state index >= 15 is 0 Å². The molecule has 2 aromatic carbocycles. The summed E-state index contributed by atoms with van der Waals surface area (Å²) in [7, 11) is 0. The van der Waals surface area contributed by atoms with E-state index in [1.165, 1.54) is 25.3 Å². The molecule has 1 atom stereocenters. The maximum atomic E-state index is 12.9. The van der Waals surface area contributed by atoms with Crippen LogP contribution in [-0.4, -0.2) is 30.2 Å². The normalized spacial score (nSPS) is 18.9. The van der Waals surface area contributed by atoms with Crippen LogP contribution in [0.25, 0.3) is 0 Å². The average molecular weight is 449 g/mol. The third-order valence-electron chi connectivity index (χ3n) is 5.37. The van der Waals surface area contributed by atoms with E-state index in [-0.39, 0.29) is 18.0 Å². The number of rotatable bonds is 4. The zero-order valence-corrected chi connectivity index (χ0v) is 17.5. The van der Waals surface area contributed by atoms with Gasteiger partial charge < -0.3 is 15.5 Å². The second-order valence-electron chi connectivity index (χ2n) is 7.65. The number of carbonyl (C=O) groups is 2. The quantitative estimate of drug-likeness (QED) is 0.679. The van der Waals surface area contributed by atoms with Crippen molar-refractivity contribution in [3.05, 3.63) is 48.0 Å². The lowest BCUT2D eigenvalue weighted by Gasteiger charge is -2.28. The number of fused-ring (bicyclic) bond motifs is 1. The number of nitrogens with one attached hydrogen (secondary N) is 2. The Morgan fingerprint density at radius 2 is 1.81 bits per heavy atom. The van der Waals surface area contributed by atoms with Gasteiger partial charge in [-0.1, -0.05) is 0 Å². The van der Waals surface area contributed by atoms with Gasteiger partial charge in [0, 0.05) is 35.8 Å². The number of piperidine rings is 1. The van der Waals surface area contributed by atoms with Gasteiger partial charge in [-0.15, -0.1) is 11.8 Å². The van der Waals surface area contributed by atoms with Crippen molar-refractivity contribution >= 4 is 40.6 Å². The summed E-state index contributed by atoms with van der Waals surface area (Å²) in [6, 6.07) is 10.8. The summed E-state index contributed by atoms with van der Waals surface area (Å²) >= 11 is 1.10. The van der Waals surface area contributed by atoms with E-state index in [0.717, 1.165) is 42.7 Å². The number of thioether (sulfide) groups is 1. The summed E-state index contributed by atoms with van der Waals surface area (Å²) < 4.78 is 38.6. The zero-order valence-electron chi connectivity index (χ0n) is 16.7. The monoisotopic (exact) mass is 449 g/mol. The molecule has 2 aromatic rings. The van der Waals surface area contributed by atoms with Gasteiger partial charge in [0.2, 0.25) is 11.8 Å². The Bertz CT molecular complexity index is 973. The van der Waals surface area contributed by atoms with Gasteiger partial charge in [0.05, 0.1) is 16.5 Å². The van der Waals surface area contributed by atoms with Gasteiger partial charge in [0.15, 0.2) is 0 Å². The number of anilines is 3. The molecular weight excluding hydrogens is 427 g/mol. The first kappa shape index (κ1) is 21.5. The van der Waals surface area contributed by atoms with E-state index < -0.39 is 22.9 Å². The molecule has 164 valence electrons. The Kier molecular flexibility index (Phi) is 6.13. The van der Waals surface area contributed by atoms with Crippen molar-refractivity contribution < 1.29 is 22.8 Å². The number of halogens is 3. The Labute approximate surface area is 182 Å². The minimum atomic E-state index is -4.48. The number of carbonyl (C=O) groups excluding carboxylic acids is 2. The van der Waals surface area contributed by atoms with Gasteiger partial charge >= 0.3 is 6.18 Å². The smallest absolute Gasteiger partial charge is 0.372 e. The third kappa shape index (κ3) is 5.15. The van der Waals surface area contributed by atoms with Crippen LogP contribution in [0, 0.1) is 0 Å². The molecule has 4 rings (SSSR count). The van der Waals surface area contributed by atoms with Crippen molar-refractivity contribution in [3.8, 4) is 0 Å². The van der Waals surface area contributed by atoms with Crippen LogP contribution in [0.4, 0.5) is 30.2 Å². The van der Waals surface area contributed by atoms with Gasteiger partial charge in [0.25, 0.3) is 0 Å². The second kappa shape index (κ2) is 8.82. The van der Waals surface area contributed by atoms with Gasteiger partial charge in [-0.3, -0.25) is 9.59 Å². The fourth-order valence-corrected chi connectivity index (χ4v) is 4.84. The molecule has 2 N–H and O–H groups in total. The molecular formula is C22H22F3N3O2S. The lowest BCUT2D eigenvalue weighted by Crippen LogP contribution is -2.32. The van der Waals surface area contributed by atoms with Crippen LogP contribution in [0.1, 0.15) is 31.2 Å². The average Bonchev–Trinajstić information content (AvgIpc) is 2.74. The number of alkyl halides is 3. The summed E-state index contributed by atoms with van der Waals surface area (Å²) in [5.41, 5.74) is 1.06. The highest BCUT2D eigenvalue weighted by atomic mass is 32.2. The fourth-order valence-electron chi connectivity index (χ4n) is 3.75. The van der Waals surface area contributed by atoms with Crippen LogP contribution in [0.5, 0.6) is 0 Å². The number of hydrogen-bond acceptors (Lipinski definition) is 4. The fraction of sp³-hybridized carbons (Fsp3) is 0.364. The molecule has 0 radical (unpaired) electrons. The summed E-state index contributed by atoms with van der Waals surface area (Å²) in [6.07, 6.45) is -0.943. The van der Waals surface area contributed by atoms with Crippen LogP contribution in [0.15, 0.2) is 47.4 Å². The van der Waals surface area contributed by atoms with Crippen molar-refractivity contribution in [2.45, 2.75) is 42.0 Å². The molecule has 0 saturated carbocycles. The zero-order chi connectivity index (χ0) is 22.0. The molecule has 0 aliphatic carbocycles. The van der Waals surface area contributed by atoms with E-state index in [1.807, 2.05) is 24.3 Å². The van der Waals surface area contributed by atoms with Gasteiger partial charge in [0.1, 0.15) is 0 Å². The maximum Gasteiger partial charge on any atom is 0.416 e. The van der Waals surface area contributed by atoms with Crippen LogP contribution in [0.2, 0.25) is 0 Å². The van der Waals surface area contributed by atoms with Gasteiger partial charge in [-0.2, -0.15) is 13.2 Å². The van der Waals surface area contributed by atoms with E-state index in [1.54, 1.807) is 0 Å². The molecule has 0 unspecified atom stereocenters. The maximum absolute atomic E-state index is 12.9. The lowest BCUT2D eigenvalue weighted by molar-refractivity contribution is -0.137. The van der Waals surface area contributed by atoms with Gasteiger partial charge in [-0.05, 0) is 61.7 Å². The Balaban J connectivity index is 1.36. The largest absolute Gasteiger partial charge is 0.416 e. The lowest BCUT2D eigenvalue weighted by atomic mass is 10.1. The minimum absolute atomic E-state index is 0.0785. The molecule has 2 aliphatic rings. The topological polar surface area (TPSA) is 61.4 Å². The molecule has 9 heteroatoms. The molecule has 0 aromatic heterocycles. The van der Waals surface area contributed by atoms with E-state index in [0.29, 0.717) is 10.6 Å². The first-order valence-corrected chi connectivity index (χ1v) is 11.0. The number of hydrogen-bond donors (Lipinski definition) is 2. The molecule has 2 amide bonds. The first-order valence-electron chi connectivity index (χ1n) is 10.1. The highest BCUT2D eigenvalue weighted by molar-refractivity contribution is 8.01. The standard InChI is InChI=1S/C22H22F3N3O2S/c23-22(24,25)14-4-9-18-17(12-14)27-21(30)19(31-18)13-20(29)26-15-5-7-16(8-6-15)28-10-2-1-3-11-28/h4-9,12,19H,1-3,10-11,13H2,(H,26,29)(H,27,30)/t19-/m0/s1. The highest BCUT2D eigenvalue weighted by Gasteiger charge is 2.34. The summed E-state index contributed by atoms with van der Waals surface area (Å²) in [5, 5.41) is 4.57. The second-order valence-corrected chi connectivity index (χ2v) is 8.90. The molecule has 5 nitrogen and oxygen atoms in total. The molecule has 0 bridgehead atoms. The van der Waals surface area contributed by atoms with Crippen molar-refractivity contribution in [2.24, 2.45) is 0 Å². The van der Waals surface area contributed by atoms with Crippen molar-refractivity contribution in [1.29, 1.82) is 0 Å². The molecule has 0 spiro atoms. The number of nitrogens with zero attached hydrogens (tertiary/aromatic N) is 1. The van der Waals surface area contributed by atoms with E-state index in [9.17, 15) is 22.8 Å². The van der Waals surface area contributed by atoms with Crippen molar-refractivity contribution in [1.82, 2.24) is 0 Å². The predicted molar refractivity (Wildman–Crippen MR) is 115 cm³/mol. The molecule has 1 saturated heterocycles. The minimum Gasteiger partial charge on any atom is -0.372 e. The molecule has 31 heavy (non-hydrogen) atoms. The summed E-state index contributed by atoms with van der Waals surface area (Å²) in [4.78, 5) is 27.6. The summed E-state index contributed by atoms with van der Waals surface area (Å²) in [6.45, 7) is 2.07. The van der Waals surface area contributed by atoms with Crippen molar-refractivity contribution in [3.63, 3.8) is 0 Å². The highest BCUT2D eigenvalue weighted by Crippen LogP contribution is 2.40. The number of amides is 2. The van der Waals surface area contributed by atoms with Gasteiger partial charge in [-0.25, -0.2) is 0 Å². The SMILES string of the molecule is O=C(C[C@@H]1Sc2ccc(C(F)(F)F)cc2NC1=O)Nc1ccc(N2CCCCC2)cc1. The van der Waals surface area contributed by atoms with Crippen LogP contribution >= 0.6 is 11.8 Å². The Hall–Kier alpha value is -2.68. The number of benzene rings is 2. The first-order chi connectivity index (χ1) is 14.8. The third-order valence-corrected chi connectivity index (χ3v) is 6.64. The van der Waals surface area contributed by atoms with E-state index in [4.69, 9.17) is 0 Å². The summed E-state index contributed by atoms with van der Waals surface area (Å²) in [5.74, 6) is -0.804. The van der Waals surface area contributed by atoms with Crippen LogP contribution in [-0.2, 0) is 15.8 Å². The van der Waals surface area contributed by atoms with Crippen LogP contribution < -0.4 is 15.5 Å². The van der Waals surface area contributed by atoms with E-state index in [2.05, 4.69) is 15.5 Å². The van der Waals surface area contributed by atoms with Crippen molar-refractivity contribution in [2.75, 3.05) is 28.6 Å². The molecule has 2 aliphatic heterocycles. The predicted octanol–water partition coefficient (Wildman–Crippen LogP) is 5.14. The van der Waals surface area contributed by atoms with Crippen LogP contribution in [0.3, 0.4) is 0 Å². The molecule has 2 heterocycles. The Morgan fingerprint density at radius 1 is 1.10 bits per heavy atom. The Morgan fingerprint density at radius 3 is 2.48 bits per heavy atom.